The Morgan fingerprint density at radius 1 is 1.58 bits per heavy atom. The number of rotatable bonds is 4. The van der Waals surface area contributed by atoms with Crippen LogP contribution in [0, 0.1) is 0 Å². The Hall–Kier alpha value is -0.780. The predicted molar refractivity (Wildman–Crippen MR) is 77.6 cm³/mol. The molecule has 1 aliphatic rings. The zero-order chi connectivity index (χ0) is 14.0. The van der Waals surface area contributed by atoms with E-state index in [-0.39, 0.29) is 17.4 Å². The molecule has 5 heteroatoms. The van der Waals surface area contributed by atoms with Crippen molar-refractivity contribution in [1.82, 2.24) is 5.32 Å². The SMILES string of the molecule is COc1cc(CNC2(C)CCOC2C)cc(Br)c1O. The predicted octanol–water partition coefficient (Wildman–Crippen LogP) is 2.82. The quantitative estimate of drug-likeness (QED) is 0.891. The summed E-state index contributed by atoms with van der Waals surface area (Å²) in [6.07, 6.45) is 1.21. The Morgan fingerprint density at radius 2 is 2.32 bits per heavy atom. The Morgan fingerprint density at radius 3 is 2.89 bits per heavy atom. The number of hydrogen-bond donors (Lipinski definition) is 2. The average molecular weight is 330 g/mol. The molecule has 0 amide bonds. The Labute approximate surface area is 122 Å². The van der Waals surface area contributed by atoms with Crippen LogP contribution in [0.15, 0.2) is 16.6 Å². The van der Waals surface area contributed by atoms with Gasteiger partial charge in [-0.05, 0) is 53.9 Å². The van der Waals surface area contributed by atoms with Crippen LogP contribution in [0.3, 0.4) is 0 Å². The summed E-state index contributed by atoms with van der Waals surface area (Å²) in [5, 5.41) is 13.3. The average Bonchev–Trinajstić information content (AvgIpc) is 2.71. The first kappa shape index (κ1) is 14.6. The number of phenolic OH excluding ortho intramolecular Hbond substituents is 1. The van der Waals surface area contributed by atoms with Crippen molar-refractivity contribution < 1.29 is 14.6 Å². The molecule has 0 aromatic heterocycles. The molecule has 2 atom stereocenters. The van der Waals surface area contributed by atoms with Crippen molar-refractivity contribution in [3.8, 4) is 11.5 Å². The number of methoxy groups -OCH3 is 1. The lowest BCUT2D eigenvalue weighted by atomic mass is 9.94. The first-order chi connectivity index (χ1) is 8.96. The third-order valence-electron chi connectivity index (χ3n) is 3.89. The van der Waals surface area contributed by atoms with E-state index in [0.717, 1.165) is 18.6 Å². The smallest absolute Gasteiger partial charge is 0.172 e. The van der Waals surface area contributed by atoms with Crippen molar-refractivity contribution in [2.75, 3.05) is 13.7 Å². The standard InChI is InChI=1S/C14H20BrNO3/c1-9-14(2,4-5-19-9)16-8-10-6-11(15)13(17)12(7-10)18-3/h6-7,9,16-17H,4-5,8H2,1-3H3. The summed E-state index contributed by atoms with van der Waals surface area (Å²) in [7, 11) is 1.55. The van der Waals surface area contributed by atoms with Crippen LogP contribution >= 0.6 is 15.9 Å². The number of nitrogens with one attached hydrogen (secondary N) is 1. The zero-order valence-electron chi connectivity index (χ0n) is 11.5. The molecule has 1 aromatic carbocycles. The minimum atomic E-state index is -0.00238. The van der Waals surface area contributed by atoms with E-state index >= 15 is 0 Å². The highest BCUT2D eigenvalue weighted by Gasteiger charge is 2.36. The Kier molecular flexibility index (Phi) is 4.38. The molecule has 1 aromatic rings. The summed E-state index contributed by atoms with van der Waals surface area (Å²) in [5.41, 5.74) is 1.05. The fourth-order valence-electron chi connectivity index (χ4n) is 2.26. The summed E-state index contributed by atoms with van der Waals surface area (Å²) in [6.45, 7) is 5.78. The Bertz CT molecular complexity index is 466. The van der Waals surface area contributed by atoms with E-state index in [4.69, 9.17) is 9.47 Å². The molecule has 1 saturated heterocycles. The van der Waals surface area contributed by atoms with Crippen molar-refractivity contribution in [2.24, 2.45) is 0 Å². The van der Waals surface area contributed by atoms with Gasteiger partial charge in [0, 0.05) is 18.7 Å². The summed E-state index contributed by atoms with van der Waals surface area (Å²) in [6, 6.07) is 3.74. The fraction of sp³-hybridized carbons (Fsp3) is 0.571. The van der Waals surface area contributed by atoms with Crippen molar-refractivity contribution in [2.45, 2.75) is 38.5 Å². The van der Waals surface area contributed by atoms with Gasteiger partial charge in [-0.3, -0.25) is 0 Å². The molecule has 0 bridgehead atoms. The van der Waals surface area contributed by atoms with Gasteiger partial charge in [0.25, 0.3) is 0 Å². The van der Waals surface area contributed by atoms with Gasteiger partial charge in [-0.2, -0.15) is 0 Å². The van der Waals surface area contributed by atoms with Gasteiger partial charge in [-0.15, -0.1) is 0 Å². The molecule has 1 aliphatic heterocycles. The van der Waals surface area contributed by atoms with E-state index in [1.165, 1.54) is 0 Å². The van der Waals surface area contributed by atoms with E-state index in [1.54, 1.807) is 7.11 Å². The van der Waals surface area contributed by atoms with Crippen LogP contribution in [0.1, 0.15) is 25.8 Å². The normalized spacial score (nSPS) is 26.6. The monoisotopic (exact) mass is 329 g/mol. The van der Waals surface area contributed by atoms with Crippen LogP contribution in [0.25, 0.3) is 0 Å². The first-order valence-electron chi connectivity index (χ1n) is 6.38. The lowest BCUT2D eigenvalue weighted by molar-refractivity contribution is 0.0881. The number of halogens is 1. The van der Waals surface area contributed by atoms with E-state index in [0.29, 0.717) is 16.8 Å². The maximum Gasteiger partial charge on any atom is 0.172 e. The van der Waals surface area contributed by atoms with Crippen LogP contribution in [-0.2, 0) is 11.3 Å². The molecule has 1 fully saturated rings. The molecule has 19 heavy (non-hydrogen) atoms. The highest BCUT2D eigenvalue weighted by molar-refractivity contribution is 9.10. The van der Waals surface area contributed by atoms with Gasteiger partial charge in [0.05, 0.1) is 17.7 Å². The van der Waals surface area contributed by atoms with E-state index in [2.05, 4.69) is 35.1 Å². The second kappa shape index (κ2) is 5.69. The van der Waals surface area contributed by atoms with Crippen LogP contribution in [0.2, 0.25) is 0 Å². The number of ether oxygens (including phenoxy) is 2. The van der Waals surface area contributed by atoms with Crippen LogP contribution in [0.5, 0.6) is 11.5 Å². The minimum Gasteiger partial charge on any atom is -0.503 e. The lowest BCUT2D eigenvalue weighted by Crippen LogP contribution is -2.47. The second-order valence-electron chi connectivity index (χ2n) is 5.16. The highest BCUT2D eigenvalue weighted by atomic mass is 79.9. The second-order valence-corrected chi connectivity index (χ2v) is 6.02. The van der Waals surface area contributed by atoms with Gasteiger partial charge in [-0.25, -0.2) is 0 Å². The fourth-order valence-corrected chi connectivity index (χ4v) is 2.75. The van der Waals surface area contributed by atoms with Gasteiger partial charge < -0.3 is 19.9 Å². The molecule has 4 nitrogen and oxygen atoms in total. The summed E-state index contributed by atoms with van der Waals surface area (Å²) in [5.74, 6) is 0.613. The number of benzene rings is 1. The molecule has 2 rings (SSSR count). The molecule has 0 aliphatic carbocycles. The number of aromatic hydroxyl groups is 1. The highest BCUT2D eigenvalue weighted by Crippen LogP contribution is 2.35. The summed E-state index contributed by atoms with van der Waals surface area (Å²) in [4.78, 5) is 0. The first-order valence-corrected chi connectivity index (χ1v) is 7.17. The van der Waals surface area contributed by atoms with Crippen molar-refractivity contribution in [3.05, 3.63) is 22.2 Å². The molecule has 0 spiro atoms. The molecule has 2 N–H and O–H groups in total. The van der Waals surface area contributed by atoms with Gasteiger partial charge in [0.1, 0.15) is 0 Å². The number of phenols is 1. The lowest BCUT2D eigenvalue weighted by Gasteiger charge is -2.29. The molecular weight excluding hydrogens is 310 g/mol. The third kappa shape index (κ3) is 3.04. The van der Waals surface area contributed by atoms with Crippen molar-refractivity contribution in [1.29, 1.82) is 0 Å². The maximum absolute atomic E-state index is 9.78. The maximum atomic E-state index is 9.78. The molecule has 0 radical (unpaired) electrons. The van der Waals surface area contributed by atoms with E-state index in [9.17, 15) is 5.11 Å². The van der Waals surface area contributed by atoms with Gasteiger partial charge >= 0.3 is 0 Å². The molecule has 106 valence electrons. The molecule has 0 saturated carbocycles. The molecule has 1 heterocycles. The summed E-state index contributed by atoms with van der Waals surface area (Å²) < 4.78 is 11.4. The van der Waals surface area contributed by atoms with Gasteiger partial charge in [0.2, 0.25) is 0 Å². The van der Waals surface area contributed by atoms with E-state index < -0.39 is 0 Å². The zero-order valence-corrected chi connectivity index (χ0v) is 13.1. The molecule has 2 unspecified atom stereocenters. The molecular formula is C14H20BrNO3. The number of hydrogen-bond acceptors (Lipinski definition) is 4. The largest absolute Gasteiger partial charge is 0.503 e. The minimum absolute atomic E-state index is 0.00238. The van der Waals surface area contributed by atoms with E-state index in [1.807, 2.05) is 12.1 Å². The van der Waals surface area contributed by atoms with Crippen molar-refractivity contribution in [3.63, 3.8) is 0 Å². The van der Waals surface area contributed by atoms with Crippen LogP contribution in [0.4, 0.5) is 0 Å². The topological polar surface area (TPSA) is 50.7 Å². The van der Waals surface area contributed by atoms with Crippen molar-refractivity contribution >= 4 is 15.9 Å². The Balaban J connectivity index is 2.10. The van der Waals surface area contributed by atoms with Gasteiger partial charge in [-0.1, -0.05) is 0 Å². The van der Waals surface area contributed by atoms with Crippen LogP contribution in [-0.4, -0.2) is 30.5 Å². The summed E-state index contributed by atoms with van der Waals surface area (Å²) >= 11 is 3.33. The van der Waals surface area contributed by atoms with Crippen LogP contribution < -0.4 is 10.1 Å². The third-order valence-corrected chi connectivity index (χ3v) is 4.50. The van der Waals surface area contributed by atoms with Gasteiger partial charge in [0.15, 0.2) is 11.5 Å².